The third-order valence-corrected chi connectivity index (χ3v) is 5.57. The lowest BCUT2D eigenvalue weighted by molar-refractivity contribution is -0.116. The van der Waals surface area contributed by atoms with Gasteiger partial charge in [-0.25, -0.2) is 4.39 Å². The average molecular weight is 439 g/mol. The standard InChI is InChI=1S/C21H16BrFN4O/c22-13-6-7-16(15(23)9-13)27-17-4-1-5-18(28)20(17)19(14(10-24)21(27)25)12-3-2-8-26-11-12/h2-3,6-9,11,19H,1,4-5,25H2/t19-/m0/s1. The molecule has 0 saturated heterocycles. The van der Waals surface area contributed by atoms with E-state index in [0.29, 0.717) is 35.0 Å². The monoisotopic (exact) mass is 438 g/mol. The zero-order valence-electron chi connectivity index (χ0n) is 14.8. The smallest absolute Gasteiger partial charge is 0.161 e. The maximum atomic E-state index is 14.8. The lowest BCUT2D eigenvalue weighted by atomic mass is 9.76. The van der Waals surface area contributed by atoms with Crippen LogP contribution in [0.3, 0.4) is 0 Å². The molecule has 1 aliphatic heterocycles. The van der Waals surface area contributed by atoms with E-state index in [2.05, 4.69) is 27.0 Å². The van der Waals surface area contributed by atoms with Crippen molar-refractivity contribution in [2.75, 3.05) is 4.90 Å². The first-order valence-electron chi connectivity index (χ1n) is 8.84. The zero-order chi connectivity index (χ0) is 19.8. The Kier molecular flexibility index (Phi) is 4.73. The number of anilines is 1. The highest BCUT2D eigenvalue weighted by Crippen LogP contribution is 2.46. The topological polar surface area (TPSA) is 83.0 Å². The lowest BCUT2D eigenvalue weighted by Crippen LogP contribution is -2.39. The summed E-state index contributed by atoms with van der Waals surface area (Å²) in [5, 5.41) is 9.88. The molecule has 0 unspecified atom stereocenters. The number of nitriles is 1. The van der Waals surface area contributed by atoms with Crippen molar-refractivity contribution in [2.24, 2.45) is 5.73 Å². The lowest BCUT2D eigenvalue weighted by Gasteiger charge is -2.39. The molecule has 140 valence electrons. The van der Waals surface area contributed by atoms with Crippen LogP contribution in [0.15, 0.2) is 69.9 Å². The van der Waals surface area contributed by atoms with E-state index in [4.69, 9.17) is 5.73 Å². The number of hydrogen-bond donors (Lipinski definition) is 1. The third-order valence-electron chi connectivity index (χ3n) is 5.08. The van der Waals surface area contributed by atoms with Crippen molar-refractivity contribution in [1.82, 2.24) is 4.98 Å². The Bertz CT molecular complexity index is 1070. The molecule has 0 radical (unpaired) electrons. The summed E-state index contributed by atoms with van der Waals surface area (Å²) in [7, 11) is 0. The molecule has 2 heterocycles. The van der Waals surface area contributed by atoms with Crippen LogP contribution in [0.25, 0.3) is 0 Å². The van der Waals surface area contributed by atoms with Crippen molar-refractivity contribution in [3.63, 3.8) is 0 Å². The first-order chi connectivity index (χ1) is 13.5. The van der Waals surface area contributed by atoms with Gasteiger partial charge < -0.3 is 5.73 Å². The van der Waals surface area contributed by atoms with E-state index in [1.54, 1.807) is 30.6 Å². The molecule has 2 aromatic rings. The molecule has 2 aliphatic rings. The van der Waals surface area contributed by atoms with Gasteiger partial charge >= 0.3 is 0 Å². The van der Waals surface area contributed by atoms with Gasteiger partial charge in [0, 0.05) is 34.6 Å². The SMILES string of the molecule is N#CC1=C(N)N(c2ccc(Br)cc2F)C2=C(C(=O)CCC2)[C@H]1c1cccnc1. The summed E-state index contributed by atoms with van der Waals surface area (Å²) < 4.78 is 15.4. The number of Topliss-reactive ketones (excluding diaryl/α,β-unsaturated/α-hetero) is 1. The van der Waals surface area contributed by atoms with Crippen LogP contribution in [-0.2, 0) is 4.79 Å². The van der Waals surface area contributed by atoms with Crippen LogP contribution < -0.4 is 10.6 Å². The minimum absolute atomic E-state index is 0.0436. The predicted octanol–water partition coefficient (Wildman–Crippen LogP) is 4.29. The van der Waals surface area contributed by atoms with Gasteiger partial charge in [0.2, 0.25) is 0 Å². The maximum absolute atomic E-state index is 14.8. The number of allylic oxidation sites excluding steroid dienone is 3. The van der Waals surface area contributed by atoms with Crippen molar-refractivity contribution in [1.29, 1.82) is 5.26 Å². The van der Waals surface area contributed by atoms with Gasteiger partial charge in [-0.1, -0.05) is 22.0 Å². The van der Waals surface area contributed by atoms with Crippen LogP contribution in [-0.4, -0.2) is 10.8 Å². The van der Waals surface area contributed by atoms with Gasteiger partial charge in [-0.15, -0.1) is 0 Å². The second kappa shape index (κ2) is 7.21. The Hall–Kier alpha value is -2.98. The molecule has 1 atom stereocenters. The van der Waals surface area contributed by atoms with E-state index in [9.17, 15) is 14.4 Å². The van der Waals surface area contributed by atoms with Crippen molar-refractivity contribution in [3.05, 3.63) is 81.2 Å². The largest absolute Gasteiger partial charge is 0.384 e. The molecule has 0 fully saturated rings. The molecule has 2 N–H and O–H groups in total. The summed E-state index contributed by atoms with van der Waals surface area (Å²) in [5.74, 6) is -0.973. The molecule has 4 rings (SSSR count). The normalized spacial score (nSPS) is 19.5. The van der Waals surface area contributed by atoms with Gasteiger partial charge in [0.15, 0.2) is 5.78 Å². The van der Waals surface area contributed by atoms with E-state index < -0.39 is 11.7 Å². The molecular weight excluding hydrogens is 423 g/mol. The van der Waals surface area contributed by atoms with E-state index in [-0.39, 0.29) is 22.9 Å². The molecule has 7 heteroatoms. The van der Waals surface area contributed by atoms with Crippen LogP contribution in [0, 0.1) is 17.1 Å². The van der Waals surface area contributed by atoms with Crippen LogP contribution >= 0.6 is 15.9 Å². The molecule has 0 spiro atoms. The number of benzene rings is 1. The third kappa shape index (κ3) is 2.90. The van der Waals surface area contributed by atoms with E-state index in [1.807, 2.05) is 6.07 Å². The number of carbonyl (C=O) groups is 1. The number of aromatic nitrogens is 1. The maximum Gasteiger partial charge on any atom is 0.161 e. The summed E-state index contributed by atoms with van der Waals surface area (Å²) in [6.45, 7) is 0. The number of rotatable bonds is 2. The minimum atomic E-state index is -0.587. The fourth-order valence-corrected chi connectivity index (χ4v) is 4.24. The summed E-state index contributed by atoms with van der Waals surface area (Å²) in [6, 6.07) is 10.4. The predicted molar refractivity (Wildman–Crippen MR) is 106 cm³/mol. The highest BCUT2D eigenvalue weighted by molar-refractivity contribution is 9.10. The Labute approximate surface area is 170 Å². The Balaban J connectivity index is 1.99. The van der Waals surface area contributed by atoms with Gasteiger partial charge in [0.25, 0.3) is 0 Å². The molecule has 28 heavy (non-hydrogen) atoms. The van der Waals surface area contributed by atoms with Gasteiger partial charge in [-0.3, -0.25) is 14.7 Å². The summed E-state index contributed by atoms with van der Waals surface area (Å²) in [4.78, 5) is 18.6. The van der Waals surface area contributed by atoms with Gasteiger partial charge in [0.1, 0.15) is 11.6 Å². The minimum Gasteiger partial charge on any atom is -0.384 e. The van der Waals surface area contributed by atoms with Gasteiger partial charge in [-0.05, 0) is 42.7 Å². The number of nitrogens with two attached hydrogens (primary N) is 1. The Morgan fingerprint density at radius 2 is 2.14 bits per heavy atom. The first-order valence-corrected chi connectivity index (χ1v) is 9.63. The molecule has 0 saturated carbocycles. The van der Waals surface area contributed by atoms with Crippen LogP contribution in [0.5, 0.6) is 0 Å². The van der Waals surface area contributed by atoms with E-state index in [1.165, 1.54) is 11.0 Å². The second-order valence-corrected chi connectivity index (χ2v) is 7.61. The van der Waals surface area contributed by atoms with Crippen molar-refractivity contribution < 1.29 is 9.18 Å². The van der Waals surface area contributed by atoms with Crippen LogP contribution in [0.1, 0.15) is 30.7 Å². The summed E-state index contributed by atoms with van der Waals surface area (Å²) >= 11 is 3.25. The number of halogens is 2. The number of ketones is 1. The quantitative estimate of drug-likeness (QED) is 0.755. The molecular formula is C21H16BrFN4O. The summed E-state index contributed by atoms with van der Waals surface area (Å²) in [5.41, 5.74) is 8.73. The zero-order valence-corrected chi connectivity index (χ0v) is 16.4. The fraction of sp³-hybridized carbons (Fsp3) is 0.190. The Morgan fingerprint density at radius 3 is 2.82 bits per heavy atom. The Morgan fingerprint density at radius 1 is 1.32 bits per heavy atom. The average Bonchev–Trinajstić information content (AvgIpc) is 2.69. The van der Waals surface area contributed by atoms with Gasteiger partial charge in [0.05, 0.1) is 23.2 Å². The van der Waals surface area contributed by atoms with Crippen molar-refractivity contribution in [2.45, 2.75) is 25.2 Å². The van der Waals surface area contributed by atoms with E-state index >= 15 is 0 Å². The molecule has 1 aliphatic carbocycles. The fourth-order valence-electron chi connectivity index (χ4n) is 3.90. The van der Waals surface area contributed by atoms with Crippen LogP contribution in [0.2, 0.25) is 0 Å². The highest BCUT2D eigenvalue weighted by Gasteiger charge is 2.40. The van der Waals surface area contributed by atoms with Crippen LogP contribution in [0.4, 0.5) is 10.1 Å². The number of carbonyl (C=O) groups excluding carboxylic acids is 1. The molecule has 0 amide bonds. The van der Waals surface area contributed by atoms with Crippen molar-refractivity contribution in [3.8, 4) is 6.07 Å². The number of nitrogens with zero attached hydrogens (tertiary/aromatic N) is 3. The van der Waals surface area contributed by atoms with E-state index in [0.717, 1.165) is 5.56 Å². The number of pyridine rings is 1. The van der Waals surface area contributed by atoms with Gasteiger partial charge in [-0.2, -0.15) is 5.26 Å². The highest BCUT2D eigenvalue weighted by atomic mass is 79.9. The second-order valence-electron chi connectivity index (χ2n) is 6.70. The summed E-state index contributed by atoms with van der Waals surface area (Å²) in [6.07, 6.45) is 4.89. The molecule has 0 bridgehead atoms. The molecule has 5 nitrogen and oxygen atoms in total. The molecule has 1 aromatic heterocycles. The first kappa shape index (κ1) is 18.4. The molecule has 1 aromatic carbocycles. The number of hydrogen-bond acceptors (Lipinski definition) is 5. The van der Waals surface area contributed by atoms with Crippen molar-refractivity contribution >= 4 is 27.4 Å².